The van der Waals surface area contributed by atoms with Gasteiger partial charge < -0.3 is 5.11 Å². The molecule has 186 valence electrons. The number of benzene rings is 3. The molecule has 37 heavy (non-hydrogen) atoms. The predicted octanol–water partition coefficient (Wildman–Crippen LogP) is 6.39. The van der Waals surface area contributed by atoms with Crippen molar-refractivity contribution in [2.45, 2.75) is 16.1 Å². The van der Waals surface area contributed by atoms with Gasteiger partial charge in [0.1, 0.15) is 17.4 Å². The Hall–Kier alpha value is -3.60. The highest BCUT2D eigenvalue weighted by molar-refractivity contribution is 8.00. The first-order valence-corrected chi connectivity index (χ1v) is 13.0. The second-order valence-corrected chi connectivity index (χ2v) is 10.6. The molecule has 1 atom stereocenters. The summed E-state index contributed by atoms with van der Waals surface area (Å²) in [7, 11) is 0. The highest BCUT2D eigenvalue weighted by Gasteiger charge is 2.48. The van der Waals surface area contributed by atoms with E-state index in [1.807, 2.05) is 0 Å². The zero-order chi connectivity index (χ0) is 26.1. The number of hydrogen-bond donors (Lipinski definition) is 1. The minimum atomic E-state index is -1.03. The topological polar surface area (TPSA) is 83.4 Å². The number of anilines is 1. The van der Waals surface area contributed by atoms with Gasteiger partial charge >= 0.3 is 5.91 Å². The molecule has 0 radical (unpaired) electrons. The van der Waals surface area contributed by atoms with E-state index < -0.39 is 29.3 Å². The lowest BCUT2D eigenvalue weighted by molar-refractivity contribution is -0.132. The number of amides is 1. The van der Waals surface area contributed by atoms with E-state index >= 15 is 0 Å². The number of aliphatic hydroxyl groups is 1. The monoisotopic (exact) mass is 555 g/mol. The molecule has 2 heterocycles. The Bertz CT molecular complexity index is 1520. The molecule has 3 aromatic carbocycles. The van der Waals surface area contributed by atoms with Crippen LogP contribution in [0.25, 0.3) is 5.76 Å². The van der Waals surface area contributed by atoms with Gasteiger partial charge in [-0.15, -0.1) is 10.2 Å². The summed E-state index contributed by atoms with van der Waals surface area (Å²) in [6.07, 6.45) is 0. The van der Waals surface area contributed by atoms with Crippen molar-refractivity contribution in [3.05, 3.63) is 112 Å². The Balaban J connectivity index is 1.54. The normalized spacial score (nSPS) is 16.9. The van der Waals surface area contributed by atoms with Gasteiger partial charge in [-0.3, -0.25) is 14.5 Å². The van der Waals surface area contributed by atoms with E-state index in [1.54, 1.807) is 42.5 Å². The van der Waals surface area contributed by atoms with Gasteiger partial charge in [-0.1, -0.05) is 65.0 Å². The molecule has 6 nitrogen and oxygen atoms in total. The number of aromatic nitrogens is 2. The number of ketones is 1. The summed E-state index contributed by atoms with van der Waals surface area (Å²) < 4.78 is 27.9. The third-order valence-electron chi connectivity index (χ3n) is 5.66. The van der Waals surface area contributed by atoms with Crippen LogP contribution in [0.4, 0.5) is 13.9 Å². The fourth-order valence-corrected chi connectivity index (χ4v) is 5.85. The molecule has 4 aromatic rings. The van der Waals surface area contributed by atoms with Gasteiger partial charge in [0.05, 0.1) is 11.6 Å². The van der Waals surface area contributed by atoms with E-state index in [4.69, 9.17) is 11.6 Å². The fourth-order valence-electron chi connectivity index (χ4n) is 3.87. The molecule has 11 heteroatoms. The van der Waals surface area contributed by atoms with Crippen molar-refractivity contribution in [2.75, 3.05) is 4.90 Å². The van der Waals surface area contributed by atoms with Gasteiger partial charge in [0.25, 0.3) is 5.78 Å². The number of carbonyl (C=O) groups is 2. The van der Waals surface area contributed by atoms with Crippen LogP contribution in [-0.2, 0) is 15.3 Å². The van der Waals surface area contributed by atoms with E-state index in [-0.39, 0.29) is 22.1 Å². The smallest absolute Gasteiger partial charge is 0.301 e. The lowest BCUT2D eigenvalue weighted by atomic mass is 9.95. The number of thioether (sulfide) groups is 1. The molecule has 1 amide bonds. The van der Waals surface area contributed by atoms with Gasteiger partial charge in [-0.05, 0) is 53.6 Å². The van der Waals surface area contributed by atoms with Crippen molar-refractivity contribution in [3.8, 4) is 0 Å². The third kappa shape index (κ3) is 5.00. The quantitative estimate of drug-likeness (QED) is 0.0976. The summed E-state index contributed by atoms with van der Waals surface area (Å²) in [5.74, 6) is -2.82. The number of nitrogens with zero attached hydrogens (tertiary/aromatic N) is 3. The molecule has 1 fully saturated rings. The molecule has 0 aliphatic carbocycles. The van der Waals surface area contributed by atoms with Gasteiger partial charge in [-0.25, -0.2) is 8.78 Å². The average molecular weight is 556 g/mol. The van der Waals surface area contributed by atoms with Crippen LogP contribution >= 0.6 is 34.7 Å². The summed E-state index contributed by atoms with van der Waals surface area (Å²) in [5, 5.41) is 19.9. The molecule has 0 saturated carbocycles. The number of halogens is 3. The van der Waals surface area contributed by atoms with Crippen LogP contribution in [0.1, 0.15) is 22.7 Å². The summed E-state index contributed by atoms with van der Waals surface area (Å²) in [5.41, 5.74) is 1.000. The van der Waals surface area contributed by atoms with Crippen molar-refractivity contribution in [3.63, 3.8) is 0 Å². The minimum absolute atomic E-state index is 0.135. The van der Waals surface area contributed by atoms with E-state index in [0.29, 0.717) is 26.2 Å². The SMILES string of the molecule is O=C1C(=O)N(c2nnc(SCc3ccccc3F)s2)C(c2ccc(Cl)cc2)/C1=C(/O)c1ccc(F)cc1. The maximum Gasteiger partial charge on any atom is 0.301 e. The van der Waals surface area contributed by atoms with E-state index in [1.165, 1.54) is 34.9 Å². The number of rotatable bonds is 6. The Morgan fingerprint density at radius 3 is 2.41 bits per heavy atom. The maximum atomic E-state index is 14.0. The summed E-state index contributed by atoms with van der Waals surface area (Å²) in [4.78, 5) is 27.6. The molecule has 0 bridgehead atoms. The zero-order valence-corrected chi connectivity index (χ0v) is 21.2. The fraction of sp³-hybridized carbons (Fsp3) is 0.0769. The molecular formula is C26H16ClF2N3O3S2. The molecule has 5 rings (SSSR count). The molecule has 1 unspecified atom stereocenters. The first-order valence-electron chi connectivity index (χ1n) is 10.9. The largest absolute Gasteiger partial charge is 0.507 e. The van der Waals surface area contributed by atoms with E-state index in [2.05, 4.69) is 10.2 Å². The van der Waals surface area contributed by atoms with Gasteiger partial charge in [0.15, 0.2) is 4.34 Å². The molecule has 1 aromatic heterocycles. The minimum Gasteiger partial charge on any atom is -0.507 e. The van der Waals surface area contributed by atoms with Gasteiger partial charge in [-0.2, -0.15) is 0 Å². The number of aliphatic hydroxyl groups excluding tert-OH is 1. The molecule has 1 N–H and O–H groups in total. The van der Waals surface area contributed by atoms with Crippen LogP contribution in [0, 0.1) is 11.6 Å². The first-order chi connectivity index (χ1) is 17.8. The Morgan fingerprint density at radius 1 is 1.00 bits per heavy atom. The lowest BCUT2D eigenvalue weighted by Gasteiger charge is -2.22. The van der Waals surface area contributed by atoms with Crippen LogP contribution in [0.2, 0.25) is 5.02 Å². The van der Waals surface area contributed by atoms with Crippen molar-refractivity contribution in [2.24, 2.45) is 0 Å². The number of hydrogen-bond acceptors (Lipinski definition) is 7. The molecule has 1 aliphatic heterocycles. The molecule has 0 spiro atoms. The van der Waals surface area contributed by atoms with Gasteiger partial charge in [0.2, 0.25) is 5.13 Å². The van der Waals surface area contributed by atoms with Crippen LogP contribution in [-0.4, -0.2) is 27.0 Å². The van der Waals surface area contributed by atoms with E-state index in [0.717, 1.165) is 23.5 Å². The summed E-state index contributed by atoms with van der Waals surface area (Å²) in [6, 6.07) is 16.7. The predicted molar refractivity (Wildman–Crippen MR) is 139 cm³/mol. The highest BCUT2D eigenvalue weighted by atomic mass is 35.5. The summed E-state index contributed by atoms with van der Waals surface area (Å²) in [6.45, 7) is 0. The highest BCUT2D eigenvalue weighted by Crippen LogP contribution is 2.44. The number of carbonyl (C=O) groups excluding carboxylic acids is 2. The molecule has 1 saturated heterocycles. The van der Waals surface area contributed by atoms with Crippen molar-refractivity contribution in [1.82, 2.24) is 10.2 Å². The molecular weight excluding hydrogens is 540 g/mol. The van der Waals surface area contributed by atoms with E-state index in [9.17, 15) is 23.5 Å². The molecule has 1 aliphatic rings. The van der Waals surface area contributed by atoms with Crippen LogP contribution in [0.15, 0.2) is 82.7 Å². The van der Waals surface area contributed by atoms with Crippen LogP contribution in [0.3, 0.4) is 0 Å². The second kappa shape index (κ2) is 10.4. The Kier molecular flexibility index (Phi) is 7.05. The van der Waals surface area contributed by atoms with Crippen molar-refractivity contribution >= 4 is 57.3 Å². The standard InChI is InChI=1S/C26H16ClF2N3O3S2/c27-17-9-5-14(6-10-17)21-20(22(33)15-7-11-18(28)12-8-15)23(34)24(35)32(21)25-30-31-26(37-25)36-13-16-3-1-2-4-19(16)29/h1-12,21,33H,13H2/b22-20-. The maximum absolute atomic E-state index is 14.0. The zero-order valence-electron chi connectivity index (χ0n) is 18.8. The summed E-state index contributed by atoms with van der Waals surface area (Å²) >= 11 is 8.35. The Labute approximate surface area is 223 Å². The van der Waals surface area contributed by atoms with Gasteiger partial charge in [0, 0.05) is 16.3 Å². The third-order valence-corrected chi connectivity index (χ3v) is 8.02. The lowest BCUT2D eigenvalue weighted by Crippen LogP contribution is -2.29. The van der Waals surface area contributed by atoms with Crippen molar-refractivity contribution in [1.29, 1.82) is 0 Å². The second-order valence-electron chi connectivity index (χ2n) is 7.96. The van der Waals surface area contributed by atoms with Crippen LogP contribution < -0.4 is 4.90 Å². The average Bonchev–Trinajstić information content (AvgIpc) is 3.46. The Morgan fingerprint density at radius 2 is 1.70 bits per heavy atom. The number of Topliss-reactive ketones (excluding diaryl/α,β-unsaturated/α-hetero) is 1. The van der Waals surface area contributed by atoms with Crippen LogP contribution in [0.5, 0.6) is 0 Å². The van der Waals surface area contributed by atoms with Crippen molar-refractivity contribution < 1.29 is 23.5 Å². The first kappa shape index (κ1) is 25.1.